The van der Waals surface area contributed by atoms with Crippen LogP contribution >= 0.6 is 0 Å². The number of nitrogens with zero attached hydrogens (tertiary/aromatic N) is 3. The van der Waals surface area contributed by atoms with Crippen LogP contribution in [-0.2, 0) is 20.8 Å². The number of ketones is 2. The van der Waals surface area contributed by atoms with E-state index in [0.29, 0.717) is 17.8 Å². The topological polar surface area (TPSA) is 168 Å². The van der Waals surface area contributed by atoms with Gasteiger partial charge in [-0.2, -0.15) is 0 Å². The minimum atomic E-state index is -2.67. The van der Waals surface area contributed by atoms with Gasteiger partial charge in [0.15, 0.2) is 11.4 Å². The Morgan fingerprint density at radius 3 is 2.31 bits per heavy atom. The molecule has 4 atom stereocenters. The predicted octanol–water partition coefficient (Wildman–Crippen LogP) is -0.0569. The van der Waals surface area contributed by atoms with E-state index in [9.17, 15) is 34.8 Å². The molecule has 0 unspecified atom stereocenters. The van der Waals surface area contributed by atoms with Gasteiger partial charge in [0.25, 0.3) is 5.91 Å². The van der Waals surface area contributed by atoms with Gasteiger partial charge >= 0.3 is 0 Å². The second kappa shape index (κ2) is 9.72. The number of benzene rings is 1. The number of aliphatic hydroxyl groups excluding tert-OH is 2. The number of primary amides is 1. The third-order valence-corrected chi connectivity index (χ3v) is 7.80. The van der Waals surface area contributed by atoms with E-state index in [1.165, 1.54) is 4.90 Å². The van der Waals surface area contributed by atoms with Crippen LogP contribution in [0.2, 0.25) is 0 Å². The van der Waals surface area contributed by atoms with E-state index >= 15 is 0 Å². The maximum atomic E-state index is 14.0. The van der Waals surface area contributed by atoms with Crippen molar-refractivity contribution in [3.63, 3.8) is 0 Å². The molecule has 11 heteroatoms. The van der Waals surface area contributed by atoms with Gasteiger partial charge in [-0.05, 0) is 58.6 Å². The minimum Gasteiger partial charge on any atom is -0.508 e. The number of amides is 1. The van der Waals surface area contributed by atoms with Crippen LogP contribution < -0.4 is 10.6 Å². The predicted molar refractivity (Wildman–Crippen MR) is 144 cm³/mol. The number of Topliss-reactive ketones (excluding diaryl/α,β-unsaturated/α-hetero) is 2. The van der Waals surface area contributed by atoms with E-state index < -0.39 is 58.0 Å². The number of hydrogen-bond acceptors (Lipinski definition) is 10. The summed E-state index contributed by atoms with van der Waals surface area (Å²) >= 11 is 0. The summed E-state index contributed by atoms with van der Waals surface area (Å²) in [4.78, 5) is 44.4. The third kappa shape index (κ3) is 4.16. The average molecular weight is 539 g/mol. The van der Waals surface area contributed by atoms with Crippen molar-refractivity contribution in [2.24, 2.45) is 17.6 Å². The standard InChI is InChI=1S/C28H34N4O7/c1-30(2)9-7-8-13-12-17(31(3)4)15-10-14-11-16-21(32(5)6)24(35)20(27(29)38)26(37)28(16,39)25(36)18(14)23(34)19(15)22(13)33/h12,14,16,21,33-34,37,39H,9-11H2,1-6H3,(H2,29,38)/t14-,16-,21-,28-/m0/s1. The number of phenolic OH excluding ortho intramolecular Hbond substituents is 1. The van der Waals surface area contributed by atoms with Crippen molar-refractivity contribution in [1.82, 2.24) is 9.80 Å². The third-order valence-electron chi connectivity index (χ3n) is 7.80. The fraction of sp³-hybridized carbons (Fsp3) is 0.464. The van der Waals surface area contributed by atoms with Crippen LogP contribution in [0.5, 0.6) is 5.75 Å². The Kier molecular flexibility index (Phi) is 7.02. The Bertz CT molecular complexity index is 1410. The lowest BCUT2D eigenvalue weighted by Crippen LogP contribution is -2.65. The minimum absolute atomic E-state index is 0.0200. The van der Waals surface area contributed by atoms with E-state index in [1.54, 1.807) is 34.3 Å². The summed E-state index contributed by atoms with van der Waals surface area (Å²) < 4.78 is 0. The van der Waals surface area contributed by atoms with Crippen LogP contribution in [0.4, 0.5) is 5.69 Å². The molecule has 11 nitrogen and oxygen atoms in total. The van der Waals surface area contributed by atoms with E-state index in [4.69, 9.17) is 5.73 Å². The summed E-state index contributed by atoms with van der Waals surface area (Å²) in [5.41, 5.74) is 3.19. The number of phenols is 1. The van der Waals surface area contributed by atoms with E-state index in [1.807, 2.05) is 23.9 Å². The van der Waals surface area contributed by atoms with Crippen LogP contribution in [0.1, 0.15) is 23.1 Å². The molecule has 1 aromatic rings. The van der Waals surface area contributed by atoms with Crippen LogP contribution in [0, 0.1) is 23.7 Å². The molecule has 0 aliphatic heterocycles. The molecular weight excluding hydrogens is 504 g/mol. The fourth-order valence-corrected chi connectivity index (χ4v) is 6.08. The maximum Gasteiger partial charge on any atom is 0.255 e. The first-order valence-electron chi connectivity index (χ1n) is 12.5. The molecular formula is C28H34N4O7. The van der Waals surface area contributed by atoms with Gasteiger partial charge in [0, 0.05) is 31.3 Å². The van der Waals surface area contributed by atoms with Crippen LogP contribution in [0.25, 0.3) is 5.76 Å². The molecule has 0 radical (unpaired) electrons. The van der Waals surface area contributed by atoms with Gasteiger partial charge < -0.3 is 31.1 Å². The highest BCUT2D eigenvalue weighted by Crippen LogP contribution is 2.54. The summed E-state index contributed by atoms with van der Waals surface area (Å²) in [6.07, 6.45) is 0.241. The zero-order valence-electron chi connectivity index (χ0n) is 22.9. The second-order valence-electron chi connectivity index (χ2n) is 11.0. The number of fused-ring (bicyclic) bond motifs is 3. The van der Waals surface area contributed by atoms with Gasteiger partial charge in [0.05, 0.1) is 23.7 Å². The summed E-state index contributed by atoms with van der Waals surface area (Å²) in [6, 6.07) is 0.592. The molecule has 0 bridgehead atoms. The normalized spacial score (nSPS) is 26.2. The Hall–Kier alpha value is -3.85. The van der Waals surface area contributed by atoms with Gasteiger partial charge in [0.2, 0.25) is 5.78 Å². The molecule has 3 aliphatic rings. The fourth-order valence-electron chi connectivity index (χ4n) is 6.08. The molecule has 0 spiro atoms. The highest BCUT2D eigenvalue weighted by molar-refractivity contribution is 6.24. The Labute approximate surface area is 226 Å². The van der Waals surface area contributed by atoms with Gasteiger partial charge in [-0.15, -0.1) is 0 Å². The summed E-state index contributed by atoms with van der Waals surface area (Å²) in [6.45, 7) is 0.426. The number of anilines is 1. The first-order valence-corrected chi connectivity index (χ1v) is 12.5. The molecule has 6 N–H and O–H groups in total. The lowest BCUT2D eigenvalue weighted by atomic mass is 9.57. The number of aliphatic hydroxyl groups is 3. The Morgan fingerprint density at radius 1 is 1.13 bits per heavy atom. The summed E-state index contributed by atoms with van der Waals surface area (Å²) in [5.74, 6) is -0.954. The number of likely N-dealkylation sites (N-methyl/N-ethyl adjacent to an activating group) is 1. The van der Waals surface area contributed by atoms with Crippen LogP contribution in [-0.4, -0.2) is 108 Å². The quantitative estimate of drug-likeness (QED) is 0.259. The second-order valence-corrected chi connectivity index (χ2v) is 11.0. The SMILES string of the molecule is CN(C)CC#Cc1cc(N(C)C)c2c(c1O)C(O)=C1C(=O)[C@]3(O)C(O)=C(C(N)=O)C(=O)[C@@H](N(C)C)[C@@H]3C[C@@H]1C2. The van der Waals surface area contributed by atoms with Crippen molar-refractivity contribution in [2.45, 2.75) is 24.5 Å². The maximum absolute atomic E-state index is 14.0. The van der Waals surface area contributed by atoms with Gasteiger partial charge in [-0.25, -0.2) is 0 Å². The monoisotopic (exact) mass is 538 g/mol. The first-order chi connectivity index (χ1) is 18.1. The number of hydrogen-bond donors (Lipinski definition) is 5. The van der Waals surface area contributed by atoms with Crippen molar-refractivity contribution in [3.05, 3.63) is 39.7 Å². The average Bonchev–Trinajstić information content (AvgIpc) is 2.81. The molecule has 39 heavy (non-hydrogen) atoms. The Morgan fingerprint density at radius 2 is 1.77 bits per heavy atom. The van der Waals surface area contributed by atoms with Crippen molar-refractivity contribution in [3.8, 4) is 17.6 Å². The zero-order chi connectivity index (χ0) is 29.1. The van der Waals surface area contributed by atoms with Gasteiger partial charge in [-0.3, -0.25) is 24.2 Å². The molecule has 1 aromatic carbocycles. The van der Waals surface area contributed by atoms with E-state index in [2.05, 4.69) is 11.8 Å². The molecule has 1 amide bonds. The van der Waals surface area contributed by atoms with Crippen molar-refractivity contribution in [2.75, 3.05) is 53.7 Å². The molecule has 1 saturated carbocycles. The molecule has 0 saturated heterocycles. The van der Waals surface area contributed by atoms with E-state index in [-0.39, 0.29) is 35.3 Å². The molecule has 0 heterocycles. The molecule has 208 valence electrons. The number of carbonyl (C=O) groups is 3. The van der Waals surface area contributed by atoms with Crippen molar-refractivity contribution >= 4 is 28.9 Å². The largest absolute Gasteiger partial charge is 0.508 e. The smallest absolute Gasteiger partial charge is 0.255 e. The van der Waals surface area contributed by atoms with Crippen molar-refractivity contribution in [1.29, 1.82) is 0 Å². The zero-order valence-corrected chi connectivity index (χ0v) is 22.9. The number of carbonyl (C=O) groups excluding carboxylic acids is 3. The molecule has 4 rings (SSSR count). The lowest BCUT2D eigenvalue weighted by Gasteiger charge is -2.50. The highest BCUT2D eigenvalue weighted by Gasteiger charge is 2.64. The van der Waals surface area contributed by atoms with E-state index in [0.717, 1.165) is 0 Å². The first kappa shape index (κ1) is 28.2. The molecule has 0 aromatic heterocycles. The molecule has 3 aliphatic carbocycles. The van der Waals surface area contributed by atoms with Gasteiger partial charge in [-0.1, -0.05) is 11.8 Å². The Balaban J connectivity index is 1.98. The summed E-state index contributed by atoms with van der Waals surface area (Å²) in [7, 11) is 10.4. The number of aromatic hydroxyl groups is 1. The highest BCUT2D eigenvalue weighted by atomic mass is 16.3. The van der Waals surface area contributed by atoms with Crippen LogP contribution in [0.3, 0.4) is 0 Å². The van der Waals surface area contributed by atoms with Crippen molar-refractivity contribution < 1.29 is 34.8 Å². The molecule has 1 fully saturated rings. The van der Waals surface area contributed by atoms with Crippen LogP contribution in [0.15, 0.2) is 23.0 Å². The van der Waals surface area contributed by atoms with Gasteiger partial charge in [0.1, 0.15) is 22.8 Å². The number of rotatable bonds is 4. The summed E-state index contributed by atoms with van der Waals surface area (Å²) in [5, 5.41) is 45.4. The number of nitrogens with two attached hydrogens (primary N) is 1. The lowest BCUT2D eigenvalue weighted by molar-refractivity contribution is -0.153.